The summed E-state index contributed by atoms with van der Waals surface area (Å²) in [7, 11) is 2.11. The highest BCUT2D eigenvalue weighted by Gasteiger charge is 2.46. The molecule has 1 spiro atoms. The Morgan fingerprint density at radius 3 is 2.63 bits per heavy atom. The number of piperidine rings is 1. The van der Waals surface area contributed by atoms with Gasteiger partial charge in [-0.25, -0.2) is 9.50 Å². The highest BCUT2D eigenvalue weighted by atomic mass is 15.3. The van der Waals surface area contributed by atoms with Crippen molar-refractivity contribution >= 4 is 22.2 Å². The fourth-order valence-electron chi connectivity index (χ4n) is 6.42. The largest absolute Gasteiger partial charge is 0.355 e. The summed E-state index contributed by atoms with van der Waals surface area (Å²) in [6.07, 6.45) is 6.83. The molecule has 0 saturated carbocycles. The van der Waals surface area contributed by atoms with Crippen molar-refractivity contribution in [2.75, 3.05) is 18.0 Å². The lowest BCUT2D eigenvalue weighted by Crippen LogP contribution is -2.44. The number of aryl methyl sites for hydroxylation is 2. The molecule has 7 nitrogen and oxygen atoms in total. The summed E-state index contributed by atoms with van der Waals surface area (Å²) in [5.74, 6) is 1.01. The minimum atomic E-state index is 0.0619. The maximum atomic E-state index is 6.78. The van der Waals surface area contributed by atoms with Gasteiger partial charge in [0.1, 0.15) is 11.2 Å². The van der Waals surface area contributed by atoms with Crippen LogP contribution >= 0.6 is 0 Å². The summed E-state index contributed by atoms with van der Waals surface area (Å²) in [4.78, 5) is 12.2. The Kier molecular flexibility index (Phi) is 4.36. The molecule has 7 rings (SSSR count). The molecular formula is C28H29N7. The number of aromatic nitrogens is 5. The molecule has 5 heterocycles. The van der Waals surface area contributed by atoms with Gasteiger partial charge in [-0.15, -0.1) is 0 Å². The molecule has 5 aromatic rings. The Hall–Kier alpha value is -3.71. The molecule has 2 aliphatic rings. The van der Waals surface area contributed by atoms with Crippen LogP contribution in [0.1, 0.15) is 35.8 Å². The summed E-state index contributed by atoms with van der Waals surface area (Å²) in [5.41, 5.74) is 14.7. The normalized spacial score (nSPS) is 19.2. The van der Waals surface area contributed by atoms with Gasteiger partial charge in [-0.1, -0.05) is 24.3 Å². The molecule has 176 valence electrons. The van der Waals surface area contributed by atoms with E-state index in [0.717, 1.165) is 60.8 Å². The van der Waals surface area contributed by atoms with Gasteiger partial charge in [-0.3, -0.25) is 4.98 Å². The molecule has 2 N–H and O–H groups in total. The first-order valence-electron chi connectivity index (χ1n) is 12.4. The molecular weight excluding hydrogens is 434 g/mol. The number of fused-ring (bicyclic) bond motifs is 3. The zero-order valence-corrected chi connectivity index (χ0v) is 20.1. The van der Waals surface area contributed by atoms with Gasteiger partial charge in [-0.05, 0) is 61.4 Å². The summed E-state index contributed by atoms with van der Waals surface area (Å²) < 4.78 is 4.30. The molecule has 4 aromatic heterocycles. The Morgan fingerprint density at radius 2 is 1.83 bits per heavy atom. The minimum absolute atomic E-state index is 0.0619. The Balaban J connectivity index is 1.25. The first-order chi connectivity index (χ1) is 17.1. The average Bonchev–Trinajstić information content (AvgIpc) is 3.56. The summed E-state index contributed by atoms with van der Waals surface area (Å²) >= 11 is 0. The third-order valence-electron chi connectivity index (χ3n) is 8.39. The minimum Gasteiger partial charge on any atom is -0.355 e. The van der Waals surface area contributed by atoms with Crippen LogP contribution in [0.4, 0.5) is 5.82 Å². The molecule has 1 fully saturated rings. The van der Waals surface area contributed by atoms with Crippen molar-refractivity contribution in [1.29, 1.82) is 0 Å². The van der Waals surface area contributed by atoms with Gasteiger partial charge in [-0.2, -0.15) is 5.10 Å². The number of nitrogens with two attached hydrogens (primary N) is 1. The molecule has 1 saturated heterocycles. The maximum absolute atomic E-state index is 6.78. The van der Waals surface area contributed by atoms with E-state index in [2.05, 4.69) is 75.4 Å². The smallest absolute Gasteiger partial charge is 0.155 e. The van der Waals surface area contributed by atoms with Crippen LogP contribution < -0.4 is 10.6 Å². The van der Waals surface area contributed by atoms with Crippen molar-refractivity contribution in [2.45, 2.75) is 32.2 Å². The van der Waals surface area contributed by atoms with Gasteiger partial charge in [0.15, 0.2) is 5.82 Å². The van der Waals surface area contributed by atoms with Gasteiger partial charge in [0.25, 0.3) is 0 Å². The van der Waals surface area contributed by atoms with Gasteiger partial charge in [0.05, 0.1) is 17.6 Å². The van der Waals surface area contributed by atoms with Gasteiger partial charge < -0.3 is 15.2 Å². The molecule has 0 amide bonds. The topological polar surface area (TPSA) is 77.3 Å². The second-order valence-electron chi connectivity index (χ2n) is 10.2. The van der Waals surface area contributed by atoms with Crippen LogP contribution in [0.5, 0.6) is 0 Å². The number of pyridine rings is 1. The van der Waals surface area contributed by atoms with Crippen LogP contribution in [-0.2, 0) is 13.5 Å². The molecule has 0 radical (unpaired) electrons. The molecule has 0 unspecified atom stereocenters. The zero-order chi connectivity index (χ0) is 23.7. The van der Waals surface area contributed by atoms with Crippen LogP contribution in [0, 0.1) is 12.3 Å². The van der Waals surface area contributed by atoms with Gasteiger partial charge >= 0.3 is 0 Å². The van der Waals surface area contributed by atoms with E-state index >= 15 is 0 Å². The molecule has 7 heteroatoms. The van der Waals surface area contributed by atoms with Crippen molar-refractivity contribution in [3.63, 3.8) is 0 Å². The standard InChI is InChI=1S/C28H29N7/c1-18-25(24-16-19-6-3-4-8-22(19)33(24)2)35-23(9-13-31-35)27(32-18)34-14-10-28(11-15-34)17-21-20(26(28)29)7-5-12-30-21/h3-9,12-13,16,26H,10-11,14-15,17,29H2,1-2H3/t26-/m1/s1. The Morgan fingerprint density at radius 1 is 1.00 bits per heavy atom. The summed E-state index contributed by atoms with van der Waals surface area (Å²) in [6, 6.07) is 17.0. The molecule has 1 atom stereocenters. The van der Waals surface area contributed by atoms with Crippen LogP contribution in [-0.4, -0.2) is 37.2 Å². The first kappa shape index (κ1) is 20.6. The monoisotopic (exact) mass is 463 g/mol. The fraction of sp³-hybridized carbons (Fsp3) is 0.321. The summed E-state index contributed by atoms with van der Waals surface area (Å²) in [5, 5.41) is 5.96. The van der Waals surface area contributed by atoms with E-state index in [0.29, 0.717) is 0 Å². The van der Waals surface area contributed by atoms with E-state index in [-0.39, 0.29) is 11.5 Å². The van der Waals surface area contributed by atoms with Crippen LogP contribution in [0.2, 0.25) is 0 Å². The highest BCUT2D eigenvalue weighted by molar-refractivity contribution is 5.87. The molecule has 0 bridgehead atoms. The lowest BCUT2D eigenvalue weighted by Gasteiger charge is -2.42. The molecule has 35 heavy (non-hydrogen) atoms. The third kappa shape index (κ3) is 2.91. The van der Waals surface area contributed by atoms with Crippen molar-refractivity contribution in [1.82, 2.24) is 24.1 Å². The average molecular weight is 464 g/mol. The van der Waals surface area contributed by atoms with E-state index in [1.807, 2.05) is 18.5 Å². The molecule has 1 aromatic carbocycles. The number of nitrogens with zero attached hydrogens (tertiary/aromatic N) is 6. The van der Waals surface area contributed by atoms with E-state index in [1.165, 1.54) is 22.2 Å². The van der Waals surface area contributed by atoms with Crippen molar-refractivity contribution in [3.8, 4) is 11.4 Å². The van der Waals surface area contributed by atoms with Crippen LogP contribution in [0.25, 0.3) is 27.8 Å². The molecule has 1 aliphatic carbocycles. The second kappa shape index (κ2) is 7.39. The fourth-order valence-corrected chi connectivity index (χ4v) is 6.42. The number of benzene rings is 1. The van der Waals surface area contributed by atoms with Crippen LogP contribution in [0.3, 0.4) is 0 Å². The molecule has 1 aliphatic heterocycles. The Bertz CT molecular complexity index is 1590. The number of hydrogen-bond acceptors (Lipinski definition) is 5. The van der Waals surface area contributed by atoms with E-state index in [4.69, 9.17) is 15.8 Å². The van der Waals surface area contributed by atoms with Crippen LogP contribution in [0.15, 0.2) is 60.9 Å². The first-order valence-corrected chi connectivity index (χ1v) is 12.4. The van der Waals surface area contributed by atoms with Gasteiger partial charge in [0, 0.05) is 49.0 Å². The van der Waals surface area contributed by atoms with E-state index in [9.17, 15) is 0 Å². The lowest BCUT2D eigenvalue weighted by atomic mass is 9.73. The number of hydrogen-bond donors (Lipinski definition) is 1. The quantitative estimate of drug-likeness (QED) is 0.419. The van der Waals surface area contributed by atoms with Crippen molar-refractivity contribution in [2.24, 2.45) is 18.2 Å². The van der Waals surface area contributed by atoms with Gasteiger partial charge in [0.2, 0.25) is 0 Å². The second-order valence-corrected chi connectivity index (χ2v) is 10.2. The maximum Gasteiger partial charge on any atom is 0.155 e. The third-order valence-corrected chi connectivity index (χ3v) is 8.39. The number of anilines is 1. The predicted molar refractivity (Wildman–Crippen MR) is 138 cm³/mol. The number of rotatable bonds is 2. The SMILES string of the molecule is Cc1nc(N2CCC3(CC2)Cc2ncccc2[C@H]3N)c2ccnn2c1-c1cc2ccccc2n1C. The summed E-state index contributed by atoms with van der Waals surface area (Å²) in [6.45, 7) is 3.96. The lowest BCUT2D eigenvalue weighted by molar-refractivity contribution is 0.187. The van der Waals surface area contributed by atoms with E-state index < -0.39 is 0 Å². The van der Waals surface area contributed by atoms with E-state index in [1.54, 1.807) is 0 Å². The zero-order valence-electron chi connectivity index (χ0n) is 20.1. The highest BCUT2D eigenvalue weighted by Crippen LogP contribution is 2.50. The van der Waals surface area contributed by atoms with Crippen molar-refractivity contribution in [3.05, 3.63) is 77.9 Å². The number of para-hydroxylation sites is 1. The Labute approximate surface area is 204 Å². The van der Waals surface area contributed by atoms with Crippen molar-refractivity contribution < 1.29 is 0 Å². The predicted octanol–water partition coefficient (Wildman–Crippen LogP) is 4.43.